The summed E-state index contributed by atoms with van der Waals surface area (Å²) in [5.74, 6) is 1.43. The van der Waals surface area contributed by atoms with Crippen LogP contribution in [-0.4, -0.2) is 36.5 Å². The molecular weight excluding hydrogens is 298 g/mol. The van der Waals surface area contributed by atoms with Crippen LogP contribution in [-0.2, 0) is 6.73 Å². The topological polar surface area (TPSA) is 74.6 Å². The van der Waals surface area contributed by atoms with Crippen LogP contribution < -0.4 is 19.5 Å². The summed E-state index contributed by atoms with van der Waals surface area (Å²) in [6, 6.07) is 7.03. The molecular formula is C16H21N3O4. The van der Waals surface area contributed by atoms with Crippen molar-refractivity contribution in [2.75, 3.05) is 20.8 Å². The highest BCUT2D eigenvalue weighted by Gasteiger charge is 2.13. The molecule has 1 heterocycles. The number of methoxy groups -OCH3 is 2. The zero-order valence-electron chi connectivity index (χ0n) is 13.5. The smallest absolute Gasteiger partial charge is 0.271 e. The molecule has 0 aliphatic heterocycles. The second-order valence-electron chi connectivity index (χ2n) is 4.76. The first-order chi connectivity index (χ1) is 11.2. The average Bonchev–Trinajstić information content (AvgIpc) is 3.06. The fourth-order valence-corrected chi connectivity index (χ4v) is 1.97. The molecule has 0 saturated carbocycles. The maximum absolute atomic E-state index is 11.8. The standard InChI is InChI=1S/C16H21N3O4/c1-4-9-17-16(20)12-8-10-19(18-12)11-23-15-13(21-2)6-5-7-14(15)22-3/h5-8,10H,4,9,11H2,1-3H3,(H,17,20). The summed E-state index contributed by atoms with van der Waals surface area (Å²) in [7, 11) is 3.12. The van der Waals surface area contributed by atoms with Gasteiger partial charge in [0.15, 0.2) is 18.2 Å². The fraction of sp³-hybridized carbons (Fsp3) is 0.375. The zero-order chi connectivity index (χ0) is 16.7. The SMILES string of the molecule is CCCNC(=O)c1ccn(COc2c(OC)cccc2OC)n1. The van der Waals surface area contributed by atoms with E-state index in [-0.39, 0.29) is 12.6 Å². The van der Waals surface area contributed by atoms with Gasteiger partial charge < -0.3 is 19.5 Å². The molecule has 1 aromatic carbocycles. The fourth-order valence-electron chi connectivity index (χ4n) is 1.97. The maximum atomic E-state index is 11.8. The molecule has 0 atom stereocenters. The van der Waals surface area contributed by atoms with E-state index in [4.69, 9.17) is 14.2 Å². The molecule has 124 valence electrons. The lowest BCUT2D eigenvalue weighted by atomic mass is 10.3. The number of ether oxygens (including phenoxy) is 3. The van der Waals surface area contributed by atoms with Crippen molar-refractivity contribution >= 4 is 5.91 Å². The molecule has 23 heavy (non-hydrogen) atoms. The molecule has 0 bridgehead atoms. The third-order valence-electron chi connectivity index (χ3n) is 3.13. The third kappa shape index (κ3) is 4.15. The Kier molecular flexibility index (Phi) is 5.85. The monoisotopic (exact) mass is 319 g/mol. The van der Waals surface area contributed by atoms with Gasteiger partial charge in [-0.1, -0.05) is 13.0 Å². The van der Waals surface area contributed by atoms with Gasteiger partial charge in [-0.15, -0.1) is 0 Å². The van der Waals surface area contributed by atoms with Crippen LogP contribution in [0.3, 0.4) is 0 Å². The van der Waals surface area contributed by atoms with Crippen LogP contribution >= 0.6 is 0 Å². The van der Waals surface area contributed by atoms with Crippen molar-refractivity contribution in [1.29, 1.82) is 0 Å². The van der Waals surface area contributed by atoms with Gasteiger partial charge >= 0.3 is 0 Å². The Balaban J connectivity index is 2.04. The Morgan fingerprint density at radius 1 is 1.22 bits per heavy atom. The van der Waals surface area contributed by atoms with E-state index in [0.29, 0.717) is 29.5 Å². The van der Waals surface area contributed by atoms with Crippen molar-refractivity contribution in [3.05, 3.63) is 36.2 Å². The van der Waals surface area contributed by atoms with Crippen LogP contribution in [0.15, 0.2) is 30.5 Å². The highest BCUT2D eigenvalue weighted by molar-refractivity contribution is 5.92. The van der Waals surface area contributed by atoms with Crippen LogP contribution in [0.25, 0.3) is 0 Å². The molecule has 0 aliphatic rings. The summed E-state index contributed by atoms with van der Waals surface area (Å²) in [5.41, 5.74) is 0.356. The van der Waals surface area contributed by atoms with Crippen molar-refractivity contribution in [3.8, 4) is 17.2 Å². The molecule has 0 spiro atoms. The molecule has 7 nitrogen and oxygen atoms in total. The number of nitrogens with zero attached hydrogens (tertiary/aromatic N) is 2. The first-order valence-electron chi connectivity index (χ1n) is 7.35. The van der Waals surface area contributed by atoms with E-state index in [1.807, 2.05) is 13.0 Å². The van der Waals surface area contributed by atoms with Crippen LogP contribution in [0.4, 0.5) is 0 Å². The molecule has 2 aromatic rings. The minimum Gasteiger partial charge on any atom is -0.493 e. The number of carbonyl (C=O) groups excluding carboxylic acids is 1. The predicted molar refractivity (Wildman–Crippen MR) is 85.0 cm³/mol. The van der Waals surface area contributed by atoms with E-state index in [2.05, 4.69) is 10.4 Å². The van der Waals surface area contributed by atoms with Crippen LogP contribution in [0.2, 0.25) is 0 Å². The highest BCUT2D eigenvalue weighted by atomic mass is 16.5. The Hall–Kier alpha value is -2.70. The Morgan fingerprint density at radius 3 is 2.52 bits per heavy atom. The number of benzene rings is 1. The summed E-state index contributed by atoms with van der Waals surface area (Å²) in [6.45, 7) is 2.76. The van der Waals surface area contributed by atoms with Crippen LogP contribution in [0.1, 0.15) is 23.8 Å². The lowest BCUT2D eigenvalue weighted by Crippen LogP contribution is -2.24. The van der Waals surface area contributed by atoms with Gasteiger partial charge in [0.2, 0.25) is 5.75 Å². The van der Waals surface area contributed by atoms with Crippen molar-refractivity contribution in [1.82, 2.24) is 15.1 Å². The van der Waals surface area contributed by atoms with Gasteiger partial charge in [0.25, 0.3) is 5.91 Å². The number of aromatic nitrogens is 2. The Bertz CT molecular complexity index is 632. The van der Waals surface area contributed by atoms with Gasteiger partial charge in [-0.25, -0.2) is 4.68 Å². The largest absolute Gasteiger partial charge is 0.493 e. The van der Waals surface area contributed by atoms with E-state index >= 15 is 0 Å². The number of nitrogens with one attached hydrogen (secondary N) is 1. The molecule has 0 fully saturated rings. The minimum atomic E-state index is -0.194. The molecule has 1 aromatic heterocycles. The summed E-state index contributed by atoms with van der Waals surface area (Å²) in [6.07, 6.45) is 2.56. The Labute approximate surface area is 135 Å². The molecule has 1 N–H and O–H groups in total. The van der Waals surface area contributed by atoms with Gasteiger partial charge in [-0.05, 0) is 24.6 Å². The van der Waals surface area contributed by atoms with E-state index in [1.165, 1.54) is 4.68 Å². The highest BCUT2D eigenvalue weighted by Crippen LogP contribution is 2.36. The van der Waals surface area contributed by atoms with Crippen LogP contribution in [0, 0.1) is 0 Å². The van der Waals surface area contributed by atoms with Gasteiger partial charge in [0.05, 0.1) is 14.2 Å². The summed E-state index contributed by atoms with van der Waals surface area (Å²) in [4.78, 5) is 11.8. The second-order valence-corrected chi connectivity index (χ2v) is 4.76. The molecule has 2 rings (SSSR count). The van der Waals surface area contributed by atoms with Gasteiger partial charge in [0, 0.05) is 12.7 Å². The van der Waals surface area contributed by atoms with Crippen LogP contribution in [0.5, 0.6) is 17.2 Å². The normalized spacial score (nSPS) is 10.2. The minimum absolute atomic E-state index is 0.137. The van der Waals surface area contributed by atoms with E-state index < -0.39 is 0 Å². The van der Waals surface area contributed by atoms with Crippen molar-refractivity contribution < 1.29 is 19.0 Å². The first kappa shape index (κ1) is 16.7. The summed E-state index contributed by atoms with van der Waals surface area (Å²) in [5, 5.41) is 6.96. The van der Waals surface area contributed by atoms with Gasteiger partial charge in [0.1, 0.15) is 5.69 Å². The molecule has 0 radical (unpaired) electrons. The Morgan fingerprint density at radius 2 is 1.91 bits per heavy atom. The maximum Gasteiger partial charge on any atom is 0.271 e. The molecule has 1 amide bonds. The molecule has 0 saturated heterocycles. The number of carbonyl (C=O) groups is 1. The van der Waals surface area contributed by atoms with E-state index in [9.17, 15) is 4.79 Å². The zero-order valence-corrected chi connectivity index (χ0v) is 13.5. The second kappa shape index (κ2) is 8.07. The van der Waals surface area contributed by atoms with Crippen molar-refractivity contribution in [2.45, 2.75) is 20.1 Å². The van der Waals surface area contributed by atoms with Crippen molar-refractivity contribution in [2.24, 2.45) is 0 Å². The third-order valence-corrected chi connectivity index (χ3v) is 3.13. The molecule has 7 heteroatoms. The summed E-state index contributed by atoms with van der Waals surface area (Å²) >= 11 is 0. The van der Waals surface area contributed by atoms with E-state index in [1.54, 1.807) is 38.6 Å². The van der Waals surface area contributed by atoms with Gasteiger partial charge in [-0.2, -0.15) is 5.10 Å². The molecule has 0 aliphatic carbocycles. The number of amides is 1. The quantitative estimate of drug-likeness (QED) is 0.806. The van der Waals surface area contributed by atoms with E-state index in [0.717, 1.165) is 6.42 Å². The van der Waals surface area contributed by atoms with Gasteiger partial charge in [-0.3, -0.25) is 4.79 Å². The number of para-hydroxylation sites is 1. The summed E-state index contributed by atoms with van der Waals surface area (Å²) < 4.78 is 17.8. The average molecular weight is 319 g/mol. The van der Waals surface area contributed by atoms with Crippen molar-refractivity contribution in [3.63, 3.8) is 0 Å². The predicted octanol–water partition coefficient (Wildman–Crippen LogP) is 2.08. The number of rotatable bonds is 8. The lowest BCUT2D eigenvalue weighted by Gasteiger charge is -2.13. The first-order valence-corrected chi connectivity index (χ1v) is 7.35. The number of hydrogen-bond donors (Lipinski definition) is 1. The lowest BCUT2D eigenvalue weighted by molar-refractivity contribution is 0.0946. The molecule has 0 unspecified atom stereocenters. The number of hydrogen-bond acceptors (Lipinski definition) is 5.